The first-order chi connectivity index (χ1) is 5.85. The van der Waals surface area contributed by atoms with E-state index in [1.54, 1.807) is 0 Å². The molecule has 0 radical (unpaired) electrons. The van der Waals surface area contributed by atoms with E-state index in [1.807, 2.05) is 6.08 Å². The minimum Gasteiger partial charge on any atom is -0.465 e. The topological polar surface area (TPSA) is 26.3 Å². The van der Waals surface area contributed by atoms with Gasteiger partial charge in [0.2, 0.25) is 0 Å². The van der Waals surface area contributed by atoms with Crippen LogP contribution in [-0.4, -0.2) is 12.6 Å². The van der Waals surface area contributed by atoms with Gasteiger partial charge in [-0.2, -0.15) is 0 Å². The summed E-state index contributed by atoms with van der Waals surface area (Å²) in [5, 5.41) is 0. The molecule has 0 aliphatic rings. The predicted octanol–water partition coefficient (Wildman–Crippen LogP) is 2.68. The molecule has 0 aliphatic heterocycles. The summed E-state index contributed by atoms with van der Waals surface area (Å²) in [5.41, 5.74) is 0. The first-order valence-corrected chi connectivity index (χ1v) is 4.55. The van der Waals surface area contributed by atoms with Crippen LogP contribution in [0.3, 0.4) is 0 Å². The number of rotatable bonds is 8. The Kier molecular flexibility index (Phi) is 7.76. The highest BCUT2D eigenvalue weighted by Gasteiger charge is 2.06. The molecule has 12 heavy (non-hydrogen) atoms. The standard InChI is InChI=1S/C10H18O2/c1-3-5-7-10(12-9-11)8-6-4-2/h3,9-10H,1,4-8H2,2H3. The third-order valence-electron chi connectivity index (χ3n) is 1.82. The summed E-state index contributed by atoms with van der Waals surface area (Å²) >= 11 is 0. The number of carbonyl (C=O) groups excluding carboxylic acids is 1. The van der Waals surface area contributed by atoms with Crippen molar-refractivity contribution in [1.82, 2.24) is 0 Å². The number of allylic oxidation sites excluding steroid dienone is 1. The number of hydrogen-bond acceptors (Lipinski definition) is 2. The Balaban J connectivity index is 3.52. The van der Waals surface area contributed by atoms with Crippen molar-refractivity contribution in [3.63, 3.8) is 0 Å². The molecule has 0 bridgehead atoms. The Hall–Kier alpha value is -0.790. The molecule has 0 rings (SSSR count). The van der Waals surface area contributed by atoms with E-state index in [2.05, 4.69) is 13.5 Å². The van der Waals surface area contributed by atoms with Crippen LogP contribution in [0.1, 0.15) is 39.0 Å². The van der Waals surface area contributed by atoms with Gasteiger partial charge in [0.05, 0.1) is 0 Å². The molecule has 2 heteroatoms. The zero-order chi connectivity index (χ0) is 9.23. The van der Waals surface area contributed by atoms with Gasteiger partial charge in [-0.15, -0.1) is 6.58 Å². The molecule has 0 N–H and O–H groups in total. The largest absolute Gasteiger partial charge is 0.465 e. The molecule has 1 atom stereocenters. The second kappa shape index (κ2) is 8.31. The molecule has 0 spiro atoms. The van der Waals surface area contributed by atoms with E-state index in [0.29, 0.717) is 6.47 Å². The maximum atomic E-state index is 10.1. The van der Waals surface area contributed by atoms with Crippen molar-refractivity contribution in [2.45, 2.75) is 45.1 Å². The van der Waals surface area contributed by atoms with Gasteiger partial charge < -0.3 is 4.74 Å². The number of carbonyl (C=O) groups is 1. The van der Waals surface area contributed by atoms with Crippen LogP contribution in [0.2, 0.25) is 0 Å². The van der Waals surface area contributed by atoms with E-state index in [9.17, 15) is 4.79 Å². The van der Waals surface area contributed by atoms with Gasteiger partial charge in [-0.1, -0.05) is 25.8 Å². The highest BCUT2D eigenvalue weighted by atomic mass is 16.5. The normalized spacial score (nSPS) is 12.1. The molecule has 1 unspecified atom stereocenters. The Bertz CT molecular complexity index is 121. The van der Waals surface area contributed by atoms with Gasteiger partial charge in [0.25, 0.3) is 6.47 Å². The lowest BCUT2D eigenvalue weighted by Crippen LogP contribution is -2.11. The third kappa shape index (κ3) is 5.96. The van der Waals surface area contributed by atoms with E-state index in [1.165, 1.54) is 0 Å². The second-order valence-electron chi connectivity index (χ2n) is 2.86. The van der Waals surface area contributed by atoms with E-state index in [4.69, 9.17) is 4.74 Å². The molecule has 0 saturated heterocycles. The molecule has 0 aliphatic carbocycles. The van der Waals surface area contributed by atoms with Gasteiger partial charge >= 0.3 is 0 Å². The summed E-state index contributed by atoms with van der Waals surface area (Å²) in [4.78, 5) is 10.1. The van der Waals surface area contributed by atoms with Crippen LogP contribution in [0.25, 0.3) is 0 Å². The fraction of sp³-hybridized carbons (Fsp3) is 0.700. The van der Waals surface area contributed by atoms with Gasteiger partial charge in [-0.05, 0) is 19.3 Å². The van der Waals surface area contributed by atoms with Crippen LogP contribution < -0.4 is 0 Å². The van der Waals surface area contributed by atoms with Gasteiger partial charge in [0.1, 0.15) is 6.10 Å². The summed E-state index contributed by atoms with van der Waals surface area (Å²) in [7, 11) is 0. The Labute approximate surface area is 74.6 Å². The lowest BCUT2D eigenvalue weighted by atomic mass is 10.1. The number of hydrogen-bond donors (Lipinski definition) is 0. The minimum atomic E-state index is 0.0976. The molecule has 2 nitrogen and oxygen atoms in total. The summed E-state index contributed by atoms with van der Waals surface area (Å²) in [6, 6.07) is 0. The molecule has 0 aromatic carbocycles. The number of ether oxygens (including phenoxy) is 1. The summed E-state index contributed by atoms with van der Waals surface area (Å²) in [6.45, 7) is 6.30. The number of unbranched alkanes of at least 4 members (excludes halogenated alkanes) is 1. The Morgan fingerprint density at radius 2 is 2.25 bits per heavy atom. The monoisotopic (exact) mass is 170 g/mol. The van der Waals surface area contributed by atoms with Crippen LogP contribution in [0.5, 0.6) is 0 Å². The molecule has 0 fully saturated rings. The van der Waals surface area contributed by atoms with Crippen molar-refractivity contribution in [2.24, 2.45) is 0 Å². The van der Waals surface area contributed by atoms with E-state index < -0.39 is 0 Å². The average Bonchev–Trinajstić information content (AvgIpc) is 2.10. The van der Waals surface area contributed by atoms with Crippen molar-refractivity contribution >= 4 is 6.47 Å². The van der Waals surface area contributed by atoms with E-state index >= 15 is 0 Å². The maximum Gasteiger partial charge on any atom is 0.293 e. The summed E-state index contributed by atoms with van der Waals surface area (Å²) in [5.74, 6) is 0. The van der Waals surface area contributed by atoms with Crippen molar-refractivity contribution in [1.29, 1.82) is 0 Å². The van der Waals surface area contributed by atoms with E-state index in [0.717, 1.165) is 32.1 Å². The third-order valence-corrected chi connectivity index (χ3v) is 1.82. The Morgan fingerprint density at radius 1 is 1.50 bits per heavy atom. The van der Waals surface area contributed by atoms with E-state index in [-0.39, 0.29) is 6.10 Å². The predicted molar refractivity (Wildman–Crippen MR) is 49.9 cm³/mol. The van der Waals surface area contributed by atoms with Crippen molar-refractivity contribution < 1.29 is 9.53 Å². The first-order valence-electron chi connectivity index (χ1n) is 4.55. The molecule has 0 aromatic heterocycles. The van der Waals surface area contributed by atoms with Crippen LogP contribution in [0, 0.1) is 0 Å². The quantitative estimate of drug-likeness (QED) is 0.413. The van der Waals surface area contributed by atoms with Crippen LogP contribution in [0.15, 0.2) is 12.7 Å². The minimum absolute atomic E-state index is 0.0976. The molecule has 0 heterocycles. The van der Waals surface area contributed by atoms with Crippen molar-refractivity contribution in [3.05, 3.63) is 12.7 Å². The highest BCUT2D eigenvalue weighted by molar-refractivity contribution is 5.37. The van der Waals surface area contributed by atoms with Crippen LogP contribution in [0.4, 0.5) is 0 Å². The van der Waals surface area contributed by atoms with Gasteiger partial charge in [0.15, 0.2) is 0 Å². The molecule has 70 valence electrons. The zero-order valence-electron chi connectivity index (χ0n) is 7.79. The van der Waals surface area contributed by atoms with Crippen molar-refractivity contribution in [2.75, 3.05) is 0 Å². The lowest BCUT2D eigenvalue weighted by Gasteiger charge is -2.12. The first kappa shape index (κ1) is 11.2. The van der Waals surface area contributed by atoms with Crippen molar-refractivity contribution in [3.8, 4) is 0 Å². The molecule has 0 saturated carbocycles. The Morgan fingerprint density at radius 3 is 2.75 bits per heavy atom. The van der Waals surface area contributed by atoms with Gasteiger partial charge in [-0.25, -0.2) is 0 Å². The molecule has 0 amide bonds. The van der Waals surface area contributed by atoms with Crippen LogP contribution >= 0.6 is 0 Å². The van der Waals surface area contributed by atoms with Gasteiger partial charge in [-0.3, -0.25) is 4.79 Å². The second-order valence-corrected chi connectivity index (χ2v) is 2.86. The molecular formula is C10H18O2. The summed E-state index contributed by atoms with van der Waals surface area (Å²) in [6.07, 6.45) is 7.02. The average molecular weight is 170 g/mol. The smallest absolute Gasteiger partial charge is 0.293 e. The highest BCUT2D eigenvalue weighted by Crippen LogP contribution is 2.10. The maximum absolute atomic E-state index is 10.1. The fourth-order valence-corrected chi connectivity index (χ4v) is 1.09. The molecular weight excluding hydrogens is 152 g/mol. The fourth-order valence-electron chi connectivity index (χ4n) is 1.09. The lowest BCUT2D eigenvalue weighted by molar-refractivity contribution is -0.134. The van der Waals surface area contributed by atoms with Crippen LogP contribution in [-0.2, 0) is 9.53 Å². The molecule has 0 aromatic rings. The SMILES string of the molecule is C=CCCC(CCCC)OC=O. The summed E-state index contributed by atoms with van der Waals surface area (Å²) < 4.78 is 4.92. The zero-order valence-corrected chi connectivity index (χ0v) is 7.79. The van der Waals surface area contributed by atoms with Gasteiger partial charge in [0, 0.05) is 0 Å².